The molecule has 4 nitrogen and oxygen atoms in total. The lowest BCUT2D eigenvalue weighted by atomic mass is 10.00. The van der Waals surface area contributed by atoms with Gasteiger partial charge in [0.05, 0.1) is 5.69 Å². The molecule has 1 heterocycles. The van der Waals surface area contributed by atoms with Crippen LogP contribution in [0.5, 0.6) is 0 Å². The van der Waals surface area contributed by atoms with Gasteiger partial charge in [0.2, 0.25) is 5.01 Å². The van der Waals surface area contributed by atoms with Crippen LogP contribution in [-0.4, -0.2) is 33.5 Å². The second-order valence-electron chi connectivity index (χ2n) is 4.47. The lowest BCUT2D eigenvalue weighted by Gasteiger charge is -2.34. The summed E-state index contributed by atoms with van der Waals surface area (Å²) in [6, 6.07) is 0. The van der Waals surface area contributed by atoms with Crippen molar-refractivity contribution in [1.82, 2.24) is 9.88 Å². The van der Waals surface area contributed by atoms with Gasteiger partial charge in [-0.2, -0.15) is 0 Å². The van der Waals surface area contributed by atoms with Crippen molar-refractivity contribution in [3.63, 3.8) is 0 Å². The van der Waals surface area contributed by atoms with Crippen LogP contribution in [0, 0.1) is 0 Å². The molecule has 5 heteroatoms. The van der Waals surface area contributed by atoms with Gasteiger partial charge in [-0.15, -0.1) is 11.3 Å². The number of hydrogen-bond donors (Lipinski definition) is 1. The minimum atomic E-state index is -0.950. The molecule has 0 atom stereocenters. The molecule has 0 aliphatic rings. The van der Waals surface area contributed by atoms with E-state index < -0.39 is 5.97 Å². The fraction of sp³-hybridized carbons (Fsp3) is 0.636. The first-order chi connectivity index (χ1) is 7.36. The van der Waals surface area contributed by atoms with E-state index in [9.17, 15) is 4.79 Å². The normalized spacial score (nSPS) is 12.1. The van der Waals surface area contributed by atoms with Crippen LogP contribution in [0.4, 0.5) is 0 Å². The molecule has 0 aliphatic heterocycles. The molecule has 0 aromatic carbocycles. The third kappa shape index (κ3) is 3.02. The van der Waals surface area contributed by atoms with Gasteiger partial charge in [-0.05, 0) is 27.3 Å². The average Bonchev–Trinajstić information content (AvgIpc) is 2.66. The number of carboxylic acid groups (broad SMARTS) is 1. The van der Waals surface area contributed by atoms with Gasteiger partial charge in [-0.1, -0.05) is 6.92 Å². The molecule has 0 aliphatic carbocycles. The minimum absolute atomic E-state index is 0.104. The molecule has 0 saturated carbocycles. The zero-order valence-electron chi connectivity index (χ0n) is 10.1. The van der Waals surface area contributed by atoms with Crippen molar-refractivity contribution in [2.75, 3.05) is 7.05 Å². The summed E-state index contributed by atoms with van der Waals surface area (Å²) in [6.45, 7) is 7.15. The Balaban J connectivity index is 2.70. The first-order valence-electron chi connectivity index (χ1n) is 5.25. The fourth-order valence-electron chi connectivity index (χ4n) is 1.20. The van der Waals surface area contributed by atoms with E-state index in [1.165, 1.54) is 11.3 Å². The fourth-order valence-corrected chi connectivity index (χ4v) is 1.85. The van der Waals surface area contributed by atoms with Gasteiger partial charge < -0.3 is 5.11 Å². The van der Waals surface area contributed by atoms with Crippen LogP contribution in [0.15, 0.2) is 5.38 Å². The minimum Gasteiger partial charge on any atom is -0.476 e. The predicted octanol–water partition coefficient (Wildman–Crippen LogP) is 2.46. The Hall–Kier alpha value is -0.940. The number of rotatable bonds is 5. The van der Waals surface area contributed by atoms with E-state index in [0.717, 1.165) is 12.1 Å². The highest BCUT2D eigenvalue weighted by atomic mass is 32.1. The third-order valence-electron chi connectivity index (χ3n) is 3.03. The molecule has 16 heavy (non-hydrogen) atoms. The van der Waals surface area contributed by atoms with E-state index in [0.29, 0.717) is 6.54 Å². The van der Waals surface area contributed by atoms with Crippen molar-refractivity contribution in [3.05, 3.63) is 16.1 Å². The molecule has 0 bridgehead atoms. The number of hydrogen-bond acceptors (Lipinski definition) is 4. The Labute approximate surface area is 99.9 Å². The summed E-state index contributed by atoms with van der Waals surface area (Å²) in [5.41, 5.74) is 0.930. The zero-order chi connectivity index (χ0) is 12.3. The summed E-state index contributed by atoms with van der Waals surface area (Å²) in [7, 11) is 2.03. The highest BCUT2D eigenvalue weighted by Gasteiger charge is 2.22. The van der Waals surface area contributed by atoms with Crippen LogP contribution in [0.25, 0.3) is 0 Å². The van der Waals surface area contributed by atoms with E-state index >= 15 is 0 Å². The first kappa shape index (κ1) is 13.1. The molecule has 1 rings (SSSR count). The van der Waals surface area contributed by atoms with E-state index in [-0.39, 0.29) is 10.5 Å². The van der Waals surface area contributed by atoms with Gasteiger partial charge >= 0.3 is 5.97 Å². The molecule has 90 valence electrons. The topological polar surface area (TPSA) is 53.4 Å². The summed E-state index contributed by atoms with van der Waals surface area (Å²) in [6.07, 6.45) is 1.04. The first-order valence-corrected chi connectivity index (χ1v) is 6.13. The summed E-state index contributed by atoms with van der Waals surface area (Å²) < 4.78 is 0. The standard InChI is InChI=1S/C11H18N2O2S/c1-5-11(2,3)13(4)6-8-7-16-9(12-8)10(14)15/h7H,5-6H2,1-4H3,(H,14,15). The van der Waals surface area contributed by atoms with Crippen molar-refractivity contribution >= 4 is 17.3 Å². The van der Waals surface area contributed by atoms with E-state index in [4.69, 9.17) is 5.11 Å². The molecule has 0 saturated heterocycles. The molecule has 1 aromatic rings. The van der Waals surface area contributed by atoms with Crippen LogP contribution in [0.1, 0.15) is 42.7 Å². The van der Waals surface area contributed by atoms with E-state index in [2.05, 4.69) is 30.7 Å². The Kier molecular flexibility index (Phi) is 4.04. The molecular formula is C11H18N2O2S. The van der Waals surface area contributed by atoms with Gasteiger partial charge in [0.15, 0.2) is 0 Å². The average molecular weight is 242 g/mol. The maximum Gasteiger partial charge on any atom is 0.365 e. The molecule has 0 fully saturated rings. The van der Waals surface area contributed by atoms with Gasteiger partial charge in [-0.25, -0.2) is 9.78 Å². The number of carboxylic acids is 1. The van der Waals surface area contributed by atoms with Crippen LogP contribution >= 0.6 is 11.3 Å². The van der Waals surface area contributed by atoms with Crippen molar-refractivity contribution in [2.45, 2.75) is 39.3 Å². The SMILES string of the molecule is CCC(C)(C)N(C)Cc1csc(C(=O)O)n1. The van der Waals surface area contributed by atoms with Gasteiger partial charge in [0.25, 0.3) is 0 Å². The van der Waals surface area contributed by atoms with Crippen molar-refractivity contribution < 1.29 is 9.90 Å². The summed E-state index contributed by atoms with van der Waals surface area (Å²) in [4.78, 5) is 17.0. The predicted molar refractivity (Wildman–Crippen MR) is 64.9 cm³/mol. The Morgan fingerprint density at radius 1 is 1.62 bits per heavy atom. The van der Waals surface area contributed by atoms with Gasteiger partial charge in [0, 0.05) is 17.5 Å². The maximum atomic E-state index is 10.7. The van der Waals surface area contributed by atoms with Gasteiger partial charge in [0.1, 0.15) is 0 Å². The Morgan fingerprint density at radius 2 is 2.25 bits per heavy atom. The lowest BCUT2D eigenvalue weighted by molar-refractivity contribution is 0.0696. The van der Waals surface area contributed by atoms with E-state index in [1.54, 1.807) is 0 Å². The number of carbonyl (C=O) groups is 1. The zero-order valence-corrected chi connectivity index (χ0v) is 11.0. The Morgan fingerprint density at radius 3 is 2.69 bits per heavy atom. The molecule has 0 amide bonds. The third-order valence-corrected chi connectivity index (χ3v) is 3.91. The monoisotopic (exact) mass is 242 g/mol. The van der Waals surface area contributed by atoms with Crippen molar-refractivity contribution in [1.29, 1.82) is 0 Å². The quantitative estimate of drug-likeness (QED) is 0.861. The number of aromatic carboxylic acids is 1. The highest BCUT2D eigenvalue weighted by molar-refractivity contribution is 7.11. The van der Waals surface area contributed by atoms with Crippen molar-refractivity contribution in [3.8, 4) is 0 Å². The van der Waals surface area contributed by atoms with Gasteiger partial charge in [-0.3, -0.25) is 4.90 Å². The van der Waals surface area contributed by atoms with Crippen molar-refractivity contribution in [2.24, 2.45) is 0 Å². The number of aromatic nitrogens is 1. The van der Waals surface area contributed by atoms with Crippen LogP contribution in [0.2, 0.25) is 0 Å². The molecular weight excluding hydrogens is 224 g/mol. The Bertz CT molecular complexity index is 374. The lowest BCUT2D eigenvalue weighted by Crippen LogP contribution is -2.39. The van der Waals surface area contributed by atoms with Crippen LogP contribution < -0.4 is 0 Å². The second-order valence-corrected chi connectivity index (χ2v) is 5.33. The summed E-state index contributed by atoms with van der Waals surface area (Å²) in [5.74, 6) is -0.950. The van der Waals surface area contributed by atoms with Crippen LogP contribution in [0.3, 0.4) is 0 Å². The number of nitrogens with zero attached hydrogens (tertiary/aromatic N) is 2. The number of thiazole rings is 1. The molecule has 0 spiro atoms. The smallest absolute Gasteiger partial charge is 0.365 e. The molecule has 0 unspecified atom stereocenters. The second kappa shape index (κ2) is 4.93. The largest absolute Gasteiger partial charge is 0.476 e. The summed E-state index contributed by atoms with van der Waals surface area (Å²) >= 11 is 1.18. The highest BCUT2D eigenvalue weighted by Crippen LogP contribution is 2.20. The summed E-state index contributed by atoms with van der Waals surface area (Å²) in [5, 5.41) is 10.7. The van der Waals surface area contributed by atoms with Crippen LogP contribution in [-0.2, 0) is 6.54 Å². The molecule has 1 N–H and O–H groups in total. The molecule has 1 aromatic heterocycles. The molecule has 0 radical (unpaired) electrons. The van der Waals surface area contributed by atoms with E-state index in [1.807, 2.05) is 12.4 Å². The maximum absolute atomic E-state index is 10.7.